The van der Waals surface area contributed by atoms with Crippen LogP contribution in [0.15, 0.2) is 36.4 Å². The smallest absolute Gasteiger partial charge is 0.408 e. The van der Waals surface area contributed by atoms with E-state index in [1.165, 1.54) is 11.0 Å². The SMILES string of the molecule is CCCCN(C(=O)C(CC(N)=O)NC(=O)OC(C)(C)C)C(C(=O)Nc1c(C)cccc1C)c1ccc(O)c(C)c1. The number of hydrogen-bond acceptors (Lipinski definition) is 6. The number of para-hydroxylation sites is 1. The maximum atomic E-state index is 14.1. The van der Waals surface area contributed by atoms with E-state index in [2.05, 4.69) is 10.6 Å². The van der Waals surface area contributed by atoms with Crippen molar-refractivity contribution in [2.45, 2.75) is 85.4 Å². The summed E-state index contributed by atoms with van der Waals surface area (Å²) < 4.78 is 5.31. The van der Waals surface area contributed by atoms with E-state index in [1.807, 2.05) is 39.0 Å². The number of unbranched alkanes of at least 4 members (excludes halogenated alkanes) is 1. The number of anilines is 1. The Bertz CT molecular complexity index is 1220. The Morgan fingerprint density at radius 3 is 2.17 bits per heavy atom. The lowest BCUT2D eigenvalue weighted by Gasteiger charge is -2.34. The van der Waals surface area contributed by atoms with Crippen molar-refractivity contribution in [1.29, 1.82) is 0 Å². The summed E-state index contributed by atoms with van der Waals surface area (Å²) >= 11 is 0. The van der Waals surface area contributed by atoms with E-state index in [4.69, 9.17) is 10.5 Å². The molecule has 0 aliphatic rings. The van der Waals surface area contributed by atoms with E-state index in [0.717, 1.165) is 11.1 Å². The molecule has 0 radical (unpaired) electrons. The first-order valence-electron chi connectivity index (χ1n) is 13.4. The van der Waals surface area contributed by atoms with E-state index in [0.29, 0.717) is 29.7 Å². The summed E-state index contributed by atoms with van der Waals surface area (Å²) in [4.78, 5) is 54.0. The van der Waals surface area contributed by atoms with Gasteiger partial charge in [-0.2, -0.15) is 0 Å². The summed E-state index contributed by atoms with van der Waals surface area (Å²) in [6.07, 6.45) is -0.116. The number of primary amides is 1. The van der Waals surface area contributed by atoms with Gasteiger partial charge in [0.05, 0.1) is 6.42 Å². The van der Waals surface area contributed by atoms with Gasteiger partial charge in [-0.05, 0) is 82.3 Å². The monoisotopic (exact) mass is 554 g/mol. The minimum absolute atomic E-state index is 0.0438. The molecule has 0 saturated carbocycles. The number of ether oxygens (including phenoxy) is 1. The number of nitrogens with zero attached hydrogens (tertiary/aromatic N) is 1. The van der Waals surface area contributed by atoms with E-state index >= 15 is 0 Å². The van der Waals surface area contributed by atoms with Crippen molar-refractivity contribution < 1.29 is 29.0 Å². The molecule has 0 heterocycles. The van der Waals surface area contributed by atoms with Crippen LogP contribution in [-0.4, -0.2) is 52.0 Å². The zero-order valence-corrected chi connectivity index (χ0v) is 24.5. The van der Waals surface area contributed by atoms with Crippen molar-refractivity contribution in [3.63, 3.8) is 0 Å². The molecule has 0 aliphatic heterocycles. The Morgan fingerprint density at radius 2 is 1.65 bits per heavy atom. The maximum absolute atomic E-state index is 14.1. The van der Waals surface area contributed by atoms with Crippen LogP contribution >= 0.6 is 0 Å². The topological polar surface area (TPSA) is 151 Å². The van der Waals surface area contributed by atoms with Crippen molar-refractivity contribution in [2.75, 3.05) is 11.9 Å². The van der Waals surface area contributed by atoms with Gasteiger partial charge in [0, 0.05) is 12.2 Å². The van der Waals surface area contributed by atoms with E-state index in [-0.39, 0.29) is 12.3 Å². The normalized spacial score (nSPS) is 12.7. The minimum atomic E-state index is -1.36. The van der Waals surface area contributed by atoms with Crippen molar-refractivity contribution in [2.24, 2.45) is 5.73 Å². The Balaban J connectivity index is 2.61. The Kier molecular flexibility index (Phi) is 11.1. The molecular weight excluding hydrogens is 512 g/mol. The predicted molar refractivity (Wildman–Crippen MR) is 154 cm³/mol. The Hall–Kier alpha value is -4.08. The molecule has 10 nitrogen and oxygen atoms in total. The van der Waals surface area contributed by atoms with Crippen LogP contribution in [0, 0.1) is 20.8 Å². The average molecular weight is 555 g/mol. The van der Waals surface area contributed by atoms with Gasteiger partial charge in [-0.25, -0.2) is 4.79 Å². The molecule has 2 rings (SSSR count). The number of aryl methyl sites for hydroxylation is 3. The van der Waals surface area contributed by atoms with Crippen molar-refractivity contribution in [1.82, 2.24) is 10.2 Å². The predicted octanol–water partition coefficient (Wildman–Crippen LogP) is 4.39. The van der Waals surface area contributed by atoms with Gasteiger partial charge < -0.3 is 31.1 Å². The van der Waals surface area contributed by atoms with Gasteiger partial charge in [0.2, 0.25) is 11.8 Å². The molecule has 2 unspecified atom stereocenters. The van der Waals surface area contributed by atoms with Gasteiger partial charge in [-0.1, -0.05) is 37.6 Å². The molecule has 2 aromatic rings. The second-order valence-electron chi connectivity index (χ2n) is 11.0. The third kappa shape index (κ3) is 9.00. The third-order valence-corrected chi connectivity index (χ3v) is 6.26. The van der Waals surface area contributed by atoms with E-state index in [1.54, 1.807) is 39.8 Å². The largest absolute Gasteiger partial charge is 0.508 e. The van der Waals surface area contributed by atoms with Gasteiger partial charge >= 0.3 is 6.09 Å². The first-order valence-corrected chi connectivity index (χ1v) is 13.4. The second kappa shape index (κ2) is 13.8. The van der Waals surface area contributed by atoms with Crippen molar-refractivity contribution >= 4 is 29.5 Å². The molecule has 0 aliphatic carbocycles. The zero-order valence-electron chi connectivity index (χ0n) is 24.5. The highest BCUT2D eigenvalue weighted by atomic mass is 16.6. The quantitative estimate of drug-likeness (QED) is 0.323. The number of amides is 4. The highest BCUT2D eigenvalue weighted by Gasteiger charge is 2.37. The number of aromatic hydroxyl groups is 1. The number of alkyl carbamates (subject to hydrolysis) is 1. The molecule has 40 heavy (non-hydrogen) atoms. The molecular formula is C30H42N4O6. The average Bonchev–Trinajstić information content (AvgIpc) is 2.83. The van der Waals surface area contributed by atoms with Crippen LogP contribution in [-0.2, 0) is 19.1 Å². The van der Waals surface area contributed by atoms with E-state index in [9.17, 15) is 24.3 Å². The number of phenols is 1. The van der Waals surface area contributed by atoms with Gasteiger partial charge in [-0.3, -0.25) is 14.4 Å². The number of nitrogens with two attached hydrogens (primary N) is 1. The van der Waals surface area contributed by atoms with Crippen molar-refractivity contribution in [3.05, 3.63) is 58.7 Å². The number of hydrogen-bond donors (Lipinski definition) is 4. The van der Waals surface area contributed by atoms with Crippen molar-refractivity contribution in [3.8, 4) is 5.75 Å². The van der Waals surface area contributed by atoms with Crippen LogP contribution < -0.4 is 16.4 Å². The molecule has 0 aromatic heterocycles. The summed E-state index contributed by atoms with van der Waals surface area (Å²) in [6, 6.07) is 7.80. The number of carbonyl (C=O) groups excluding carboxylic acids is 4. The van der Waals surface area contributed by atoms with Gasteiger partial charge in [-0.15, -0.1) is 0 Å². The fourth-order valence-electron chi connectivity index (χ4n) is 4.27. The number of rotatable bonds is 11. The van der Waals surface area contributed by atoms with Gasteiger partial charge in [0.15, 0.2) is 0 Å². The van der Waals surface area contributed by atoms with Crippen LogP contribution in [0.4, 0.5) is 10.5 Å². The first kappa shape index (κ1) is 32.1. The molecule has 4 amide bonds. The summed E-state index contributed by atoms with van der Waals surface area (Å²) in [5.41, 5.74) is 7.89. The van der Waals surface area contributed by atoms with Crippen LogP contribution in [0.1, 0.15) is 75.3 Å². The van der Waals surface area contributed by atoms with Gasteiger partial charge in [0.1, 0.15) is 23.4 Å². The molecule has 0 spiro atoms. The molecule has 0 saturated heterocycles. The Labute approximate surface area is 236 Å². The van der Waals surface area contributed by atoms with Crippen LogP contribution in [0.5, 0.6) is 5.75 Å². The number of carbonyl (C=O) groups is 4. The molecule has 10 heteroatoms. The number of nitrogens with one attached hydrogen (secondary N) is 2. The molecule has 2 atom stereocenters. The molecule has 5 N–H and O–H groups in total. The van der Waals surface area contributed by atoms with Gasteiger partial charge in [0.25, 0.3) is 5.91 Å². The standard InChI is InChI=1S/C30H42N4O6/c1-8-9-15-34(28(38)22(17-24(31)36)32-29(39)40-30(5,6)7)26(21-13-14-23(35)20(4)16-21)27(37)33-25-18(2)11-10-12-19(25)3/h10-14,16,22,26,35H,8-9,15,17H2,1-7H3,(H2,31,36)(H,32,39)(H,33,37). The summed E-state index contributed by atoms with van der Waals surface area (Å²) in [5, 5.41) is 15.6. The summed E-state index contributed by atoms with van der Waals surface area (Å²) in [7, 11) is 0. The maximum Gasteiger partial charge on any atom is 0.408 e. The third-order valence-electron chi connectivity index (χ3n) is 6.26. The molecule has 0 fully saturated rings. The fraction of sp³-hybridized carbons (Fsp3) is 0.467. The first-order chi connectivity index (χ1) is 18.6. The summed E-state index contributed by atoms with van der Waals surface area (Å²) in [5.74, 6) is -1.91. The lowest BCUT2D eigenvalue weighted by atomic mass is 9.98. The van der Waals surface area contributed by atoms with E-state index < -0.39 is 47.9 Å². The van der Waals surface area contributed by atoms with Crippen LogP contribution in [0.3, 0.4) is 0 Å². The summed E-state index contributed by atoms with van der Waals surface area (Å²) in [6.45, 7) is 12.6. The molecule has 2 aromatic carbocycles. The van der Waals surface area contributed by atoms with Crippen LogP contribution in [0.25, 0.3) is 0 Å². The zero-order chi connectivity index (χ0) is 30.2. The second-order valence-corrected chi connectivity index (χ2v) is 11.0. The highest BCUT2D eigenvalue weighted by molar-refractivity contribution is 6.00. The highest BCUT2D eigenvalue weighted by Crippen LogP contribution is 2.30. The number of phenolic OH excluding ortho intramolecular Hbond substituents is 1. The van der Waals surface area contributed by atoms with Crippen LogP contribution in [0.2, 0.25) is 0 Å². The molecule has 0 bridgehead atoms. The minimum Gasteiger partial charge on any atom is -0.508 e. The fourth-order valence-corrected chi connectivity index (χ4v) is 4.27. The lowest BCUT2D eigenvalue weighted by Crippen LogP contribution is -2.53. The lowest BCUT2D eigenvalue weighted by molar-refractivity contribution is -0.142. The number of benzene rings is 2. The molecule has 218 valence electrons. The Morgan fingerprint density at radius 1 is 1.02 bits per heavy atom.